The van der Waals surface area contributed by atoms with E-state index in [1.165, 1.54) is 10.8 Å². The van der Waals surface area contributed by atoms with Crippen molar-refractivity contribution in [2.75, 3.05) is 4.90 Å². The Hall–Kier alpha value is -6.55. The summed E-state index contributed by atoms with van der Waals surface area (Å²) in [6.45, 7) is 11.5. The topological polar surface area (TPSA) is 35.2 Å². The van der Waals surface area contributed by atoms with Crippen LogP contribution in [0.25, 0.3) is 71.0 Å². The summed E-state index contributed by atoms with van der Waals surface area (Å²) in [4.78, 5) is 6.42. The van der Waals surface area contributed by atoms with Gasteiger partial charge < -0.3 is 18.8 Å². The maximum Gasteiger partial charge on any atom is 0.135 e. The summed E-state index contributed by atoms with van der Waals surface area (Å²) in [5.41, 5.74) is 4.79. The van der Waals surface area contributed by atoms with Gasteiger partial charge >= 0.3 is 0 Å². The van der Waals surface area contributed by atoms with Gasteiger partial charge in [0.1, 0.15) is 5.82 Å². The summed E-state index contributed by atoms with van der Waals surface area (Å²) in [7, 11) is 0. The van der Waals surface area contributed by atoms with Crippen LogP contribution >= 0.6 is 0 Å². The van der Waals surface area contributed by atoms with Crippen LogP contribution in [-0.2, 0) is 27.4 Å². The first-order chi connectivity index (χ1) is 32.9. The Bertz CT molecular complexity index is 3950. The molecular weight excluding hydrogens is 928 g/mol. The minimum absolute atomic E-state index is 0. The smallest absolute Gasteiger partial charge is 0.135 e. The molecule has 7 aromatic carbocycles. The maximum atomic E-state index is 9.34. The van der Waals surface area contributed by atoms with Gasteiger partial charge in [-0.05, 0) is 108 Å². The molecule has 3 aromatic heterocycles. The summed E-state index contributed by atoms with van der Waals surface area (Å²) in [6.07, 6.45) is -0.337. The van der Waals surface area contributed by atoms with Crippen molar-refractivity contribution in [3.05, 3.63) is 187 Å². The molecule has 0 unspecified atom stereocenters. The number of benzene rings is 7. The van der Waals surface area contributed by atoms with Gasteiger partial charge in [-0.25, -0.2) is 4.98 Å². The SMILES string of the molecule is [2H]c1c(Oc2[c-]c3c(cc2)c2c([2H])c([2H])c([2H])c([2H])c2n3-c2cc(C([2H])([2H])C(C)(C)C)ccn2)[c-]c(N2[CH-]n3c4c(C)cccc4c4cc(C)ccc4c4ccccc4c4cccc2c43)c([2H])c1[2H].[Pt]. The average Bonchev–Trinajstić information content (AvgIpc) is 3.89. The van der Waals surface area contributed by atoms with Gasteiger partial charge in [0.2, 0.25) is 0 Å². The Morgan fingerprint density at radius 1 is 0.689 bits per heavy atom. The standard InChI is InChI=1S/C55H43N4O.Pt/c1-35-23-25-43-41-16-6-7-17-42(41)46-20-12-22-50-54(46)58(53-36(2)13-10-19-47(53)48(43)29-35)34-57(50)38-14-11-15-39(31-38)60-40-24-26-45-44-18-8-9-21-49(44)59(51(45)32-40)52-30-37(27-28-56-52)33-55(3,4)5;/h6-30,34H,33H2,1-5H3;/q-3;/i8D,9D,11D,14D,15D,18D,21D,33D2;. The first-order valence-corrected chi connectivity index (χ1v) is 19.9. The van der Waals surface area contributed by atoms with E-state index >= 15 is 0 Å². The number of pyridine rings is 1. The van der Waals surface area contributed by atoms with Crippen LogP contribution in [0.3, 0.4) is 0 Å². The van der Waals surface area contributed by atoms with E-state index in [0.717, 1.165) is 60.2 Å². The Morgan fingerprint density at radius 2 is 1.43 bits per heavy atom. The summed E-state index contributed by atoms with van der Waals surface area (Å²) >= 11 is 0. The summed E-state index contributed by atoms with van der Waals surface area (Å²) in [5.74, 6) is 0.123. The summed E-state index contributed by atoms with van der Waals surface area (Å²) in [6, 6.07) is 37.7. The van der Waals surface area contributed by atoms with Gasteiger partial charge in [0.05, 0.1) is 5.48 Å². The van der Waals surface area contributed by atoms with Crippen molar-refractivity contribution in [1.82, 2.24) is 14.1 Å². The third-order valence-corrected chi connectivity index (χ3v) is 11.0. The molecule has 6 heteroatoms. The van der Waals surface area contributed by atoms with E-state index in [1.807, 2.05) is 29.8 Å². The number of hydrogen-bond acceptors (Lipinski definition) is 3. The molecule has 5 nitrogen and oxygen atoms in total. The molecule has 61 heavy (non-hydrogen) atoms. The van der Waals surface area contributed by atoms with E-state index in [1.54, 1.807) is 45.0 Å². The number of para-hydroxylation sites is 3. The van der Waals surface area contributed by atoms with Gasteiger partial charge in [-0.1, -0.05) is 140 Å². The third-order valence-electron chi connectivity index (χ3n) is 11.0. The number of hydrogen-bond donors (Lipinski definition) is 0. The van der Waals surface area contributed by atoms with Crippen LogP contribution < -0.4 is 9.64 Å². The molecule has 0 saturated heterocycles. The summed E-state index contributed by atoms with van der Waals surface area (Å²) in [5, 5.41) is 6.91. The van der Waals surface area contributed by atoms with Crippen molar-refractivity contribution in [3.8, 4) is 17.3 Å². The van der Waals surface area contributed by atoms with E-state index in [9.17, 15) is 1.37 Å². The second-order valence-corrected chi connectivity index (χ2v) is 16.3. The van der Waals surface area contributed by atoms with Gasteiger partial charge in [0.25, 0.3) is 0 Å². The molecule has 0 radical (unpaired) electrons. The molecule has 0 aliphatic carbocycles. The number of anilines is 2. The van der Waals surface area contributed by atoms with E-state index in [-0.39, 0.29) is 90.7 Å². The zero-order valence-electron chi connectivity index (χ0n) is 43.0. The predicted molar refractivity (Wildman–Crippen MR) is 249 cm³/mol. The van der Waals surface area contributed by atoms with Gasteiger partial charge in [0.15, 0.2) is 0 Å². The van der Waals surface area contributed by atoms with Crippen LogP contribution in [0.1, 0.15) is 49.8 Å². The first kappa shape index (κ1) is 29.6. The summed E-state index contributed by atoms with van der Waals surface area (Å²) < 4.78 is 90.9. The second-order valence-electron chi connectivity index (χ2n) is 16.3. The van der Waals surface area contributed by atoms with E-state index in [4.69, 9.17) is 15.7 Å². The normalized spacial score (nSPS) is 14.7. The molecule has 0 spiro atoms. The molecule has 0 saturated carbocycles. The molecule has 1 aliphatic rings. The van der Waals surface area contributed by atoms with Crippen LogP contribution in [0.4, 0.5) is 11.4 Å². The van der Waals surface area contributed by atoms with Crippen molar-refractivity contribution in [3.63, 3.8) is 0 Å². The Labute approximate surface area is 383 Å². The average molecular weight is 980 g/mol. The Kier molecular flexibility index (Phi) is 7.22. The monoisotopic (exact) mass is 979 g/mol. The van der Waals surface area contributed by atoms with Gasteiger partial charge in [-0.2, -0.15) is 12.1 Å². The largest absolute Gasteiger partial charge is 0.509 e. The predicted octanol–water partition coefficient (Wildman–Crippen LogP) is 14.4. The quantitative estimate of drug-likeness (QED) is 0.161. The zero-order chi connectivity index (χ0) is 48.6. The molecule has 0 atom stereocenters. The van der Waals surface area contributed by atoms with Gasteiger partial charge in [-0.3, -0.25) is 0 Å². The van der Waals surface area contributed by atoms with Crippen LogP contribution in [0.2, 0.25) is 0 Å². The number of ether oxygens (including phenoxy) is 1. The maximum absolute atomic E-state index is 9.34. The molecule has 0 N–H and O–H groups in total. The van der Waals surface area contributed by atoms with Crippen LogP contribution in [-0.4, -0.2) is 14.1 Å². The van der Waals surface area contributed by atoms with Crippen molar-refractivity contribution in [1.29, 1.82) is 0 Å². The first-order valence-electron chi connectivity index (χ1n) is 24.4. The molecule has 4 heterocycles. The number of aryl methyl sites for hydroxylation is 2. The van der Waals surface area contributed by atoms with Gasteiger partial charge in [0, 0.05) is 54.1 Å². The van der Waals surface area contributed by atoms with Crippen molar-refractivity contribution < 1.29 is 38.1 Å². The number of nitrogens with zero attached hydrogens (tertiary/aromatic N) is 4. The van der Waals surface area contributed by atoms with Gasteiger partial charge in [-0.15, -0.1) is 35.7 Å². The zero-order valence-corrected chi connectivity index (χ0v) is 36.3. The molecule has 11 rings (SSSR count). The van der Waals surface area contributed by atoms with Crippen LogP contribution in [0, 0.1) is 38.1 Å². The minimum Gasteiger partial charge on any atom is -0.509 e. The number of aromatic nitrogens is 3. The van der Waals surface area contributed by atoms with Crippen molar-refractivity contribution in [2.24, 2.45) is 5.41 Å². The fourth-order valence-electron chi connectivity index (χ4n) is 8.60. The van der Waals surface area contributed by atoms with Crippen LogP contribution in [0.15, 0.2) is 152 Å². The molecule has 302 valence electrons. The van der Waals surface area contributed by atoms with E-state index < -0.39 is 23.9 Å². The van der Waals surface area contributed by atoms with Crippen molar-refractivity contribution in [2.45, 2.75) is 41.0 Å². The number of rotatable bonds is 5. The second kappa shape index (κ2) is 14.9. The molecular formula is C55H43N4OPt-3. The molecule has 0 fully saturated rings. The fraction of sp³-hybridized carbons (Fsp3) is 0.127. The molecule has 10 aromatic rings. The minimum atomic E-state index is -1.81. The fourth-order valence-corrected chi connectivity index (χ4v) is 8.60. The molecule has 0 bridgehead atoms. The number of fused-ring (bicyclic) bond motifs is 10. The Balaban J connectivity index is 0.00000567. The Morgan fingerprint density at radius 3 is 2.26 bits per heavy atom. The van der Waals surface area contributed by atoms with E-state index in [2.05, 4.69) is 96.2 Å². The molecule has 1 aliphatic heterocycles. The van der Waals surface area contributed by atoms with E-state index in [0.29, 0.717) is 10.9 Å². The molecule has 0 amide bonds. The van der Waals surface area contributed by atoms with Crippen LogP contribution in [0.5, 0.6) is 11.5 Å². The van der Waals surface area contributed by atoms with Crippen molar-refractivity contribution >= 4 is 76.5 Å². The third kappa shape index (κ3) is 6.60.